The van der Waals surface area contributed by atoms with E-state index < -0.39 is 9.84 Å². The van der Waals surface area contributed by atoms with Gasteiger partial charge in [0.05, 0.1) is 11.5 Å². The van der Waals surface area contributed by atoms with E-state index >= 15 is 0 Å². The van der Waals surface area contributed by atoms with Gasteiger partial charge in [0, 0.05) is 12.5 Å². The molecular weight excluding hydrogens is 256 g/mol. The maximum Gasteiger partial charge on any atom is 0.225 e. The van der Waals surface area contributed by atoms with Gasteiger partial charge in [-0.15, -0.1) is 0 Å². The third-order valence-corrected chi connectivity index (χ3v) is 4.82. The molecule has 1 N–H and O–H groups in total. The zero-order chi connectivity index (χ0) is 13.2. The van der Waals surface area contributed by atoms with E-state index in [9.17, 15) is 13.2 Å². The fourth-order valence-corrected chi connectivity index (χ4v) is 3.94. The van der Waals surface area contributed by atoms with Gasteiger partial charge in [-0.3, -0.25) is 4.79 Å². The normalized spacial score (nSPS) is 22.6. The van der Waals surface area contributed by atoms with Gasteiger partial charge >= 0.3 is 0 Å². The number of hydrogen-bond acceptors (Lipinski definition) is 5. The van der Waals surface area contributed by atoms with Gasteiger partial charge in [0.25, 0.3) is 0 Å². The summed E-state index contributed by atoms with van der Waals surface area (Å²) in [6.45, 7) is 1.73. The average molecular weight is 272 g/mol. The third-order valence-electron chi connectivity index (χ3n) is 2.93. The van der Waals surface area contributed by atoms with Crippen LogP contribution in [0.25, 0.3) is 0 Å². The minimum atomic E-state index is -2.96. The predicted molar refractivity (Wildman–Crippen MR) is 65.9 cm³/mol. The van der Waals surface area contributed by atoms with Crippen molar-refractivity contribution in [2.45, 2.75) is 26.2 Å². The van der Waals surface area contributed by atoms with Crippen molar-refractivity contribution in [2.75, 3.05) is 16.8 Å². The first kappa shape index (κ1) is 13.1. The summed E-state index contributed by atoms with van der Waals surface area (Å²) in [7, 11) is -2.96. The lowest BCUT2D eigenvalue weighted by Crippen LogP contribution is -2.28. The van der Waals surface area contributed by atoms with Crippen LogP contribution in [0.15, 0.2) is 10.6 Å². The smallest absolute Gasteiger partial charge is 0.225 e. The van der Waals surface area contributed by atoms with E-state index in [1.807, 2.05) is 0 Å². The molecule has 1 fully saturated rings. The standard InChI is InChI=1S/C11H16N2O4S/c1-8-5-10(13-17-8)12-11(14)6-9-3-2-4-18(15,16)7-9/h5,9H,2-4,6-7H2,1H3,(H,12,13,14). The molecule has 0 bridgehead atoms. The molecule has 1 aromatic heterocycles. The first-order valence-electron chi connectivity index (χ1n) is 5.88. The quantitative estimate of drug-likeness (QED) is 0.891. The molecule has 0 aromatic carbocycles. The molecule has 2 rings (SSSR count). The van der Waals surface area contributed by atoms with E-state index in [1.165, 1.54) is 0 Å². The fraction of sp³-hybridized carbons (Fsp3) is 0.636. The first-order chi connectivity index (χ1) is 8.44. The van der Waals surface area contributed by atoms with Gasteiger partial charge < -0.3 is 9.84 Å². The third kappa shape index (κ3) is 3.56. The Morgan fingerprint density at radius 2 is 2.39 bits per heavy atom. The van der Waals surface area contributed by atoms with E-state index in [2.05, 4.69) is 10.5 Å². The number of nitrogens with zero attached hydrogens (tertiary/aromatic N) is 1. The second-order valence-electron chi connectivity index (χ2n) is 4.70. The van der Waals surface area contributed by atoms with E-state index in [0.29, 0.717) is 18.0 Å². The molecular formula is C11H16N2O4S. The molecule has 18 heavy (non-hydrogen) atoms. The van der Waals surface area contributed by atoms with Crippen LogP contribution >= 0.6 is 0 Å². The molecule has 1 atom stereocenters. The molecule has 1 aliphatic rings. The molecule has 1 amide bonds. The summed E-state index contributed by atoms with van der Waals surface area (Å²) >= 11 is 0. The van der Waals surface area contributed by atoms with E-state index in [1.54, 1.807) is 13.0 Å². The second-order valence-corrected chi connectivity index (χ2v) is 6.93. The monoisotopic (exact) mass is 272 g/mol. The first-order valence-corrected chi connectivity index (χ1v) is 7.70. The van der Waals surface area contributed by atoms with Gasteiger partial charge in [-0.25, -0.2) is 8.42 Å². The molecule has 0 spiro atoms. The van der Waals surface area contributed by atoms with Crippen molar-refractivity contribution in [2.24, 2.45) is 5.92 Å². The molecule has 0 aliphatic carbocycles. The Hall–Kier alpha value is -1.37. The number of aryl methyl sites for hydroxylation is 1. The number of rotatable bonds is 3. The van der Waals surface area contributed by atoms with Gasteiger partial charge in [-0.2, -0.15) is 0 Å². The molecule has 1 unspecified atom stereocenters. The Bertz CT molecular complexity index is 535. The maximum atomic E-state index is 11.7. The summed E-state index contributed by atoms with van der Waals surface area (Å²) in [6, 6.07) is 1.62. The molecule has 0 radical (unpaired) electrons. The summed E-state index contributed by atoms with van der Waals surface area (Å²) in [5.41, 5.74) is 0. The van der Waals surface area contributed by atoms with E-state index in [4.69, 9.17) is 4.52 Å². The molecule has 1 aliphatic heterocycles. The lowest BCUT2D eigenvalue weighted by atomic mass is 10.0. The largest absolute Gasteiger partial charge is 0.360 e. The molecule has 2 heterocycles. The van der Waals surface area contributed by atoms with E-state index in [-0.39, 0.29) is 29.8 Å². The Morgan fingerprint density at radius 3 is 3.00 bits per heavy atom. The number of aromatic nitrogens is 1. The van der Waals surface area contributed by atoms with Crippen molar-refractivity contribution in [1.82, 2.24) is 5.16 Å². The molecule has 100 valence electrons. The van der Waals surface area contributed by atoms with Crippen LogP contribution in [0, 0.1) is 12.8 Å². The van der Waals surface area contributed by atoms with Crippen LogP contribution in [0.3, 0.4) is 0 Å². The minimum absolute atomic E-state index is 0.0863. The number of hydrogen-bond donors (Lipinski definition) is 1. The molecule has 0 saturated carbocycles. The van der Waals surface area contributed by atoms with Crippen LogP contribution < -0.4 is 5.32 Å². The Morgan fingerprint density at radius 1 is 1.61 bits per heavy atom. The second kappa shape index (κ2) is 5.09. The Kier molecular flexibility index (Phi) is 3.70. The number of carbonyl (C=O) groups is 1. The van der Waals surface area contributed by atoms with Crippen LogP contribution in [0.2, 0.25) is 0 Å². The van der Waals surface area contributed by atoms with Gasteiger partial charge in [-0.05, 0) is 25.7 Å². The number of nitrogens with one attached hydrogen (secondary N) is 1. The zero-order valence-corrected chi connectivity index (χ0v) is 11.0. The van der Waals surface area contributed by atoms with Gasteiger partial charge in [0.15, 0.2) is 15.7 Å². The van der Waals surface area contributed by atoms with Crippen molar-refractivity contribution in [3.05, 3.63) is 11.8 Å². The summed E-state index contributed by atoms with van der Waals surface area (Å²) in [6.07, 6.45) is 1.64. The number of amides is 1. The summed E-state index contributed by atoms with van der Waals surface area (Å²) < 4.78 is 27.7. The van der Waals surface area contributed by atoms with Crippen LogP contribution in [-0.4, -0.2) is 31.0 Å². The molecule has 1 aromatic rings. The SMILES string of the molecule is Cc1cc(NC(=O)CC2CCCS(=O)(=O)C2)no1. The Balaban J connectivity index is 1.88. The lowest BCUT2D eigenvalue weighted by Gasteiger charge is -2.20. The van der Waals surface area contributed by atoms with Crippen LogP contribution in [0.1, 0.15) is 25.0 Å². The molecule has 6 nitrogen and oxygen atoms in total. The highest BCUT2D eigenvalue weighted by Crippen LogP contribution is 2.21. The van der Waals surface area contributed by atoms with Crippen molar-refractivity contribution >= 4 is 21.6 Å². The highest BCUT2D eigenvalue weighted by atomic mass is 32.2. The topological polar surface area (TPSA) is 89.3 Å². The highest BCUT2D eigenvalue weighted by Gasteiger charge is 2.26. The van der Waals surface area contributed by atoms with Crippen LogP contribution in [0.4, 0.5) is 5.82 Å². The average Bonchev–Trinajstić information content (AvgIpc) is 2.62. The zero-order valence-electron chi connectivity index (χ0n) is 10.2. The number of sulfone groups is 1. The number of carbonyl (C=O) groups excluding carboxylic acids is 1. The molecule has 7 heteroatoms. The highest BCUT2D eigenvalue weighted by molar-refractivity contribution is 7.91. The van der Waals surface area contributed by atoms with Gasteiger partial charge in [-0.1, -0.05) is 5.16 Å². The fourth-order valence-electron chi connectivity index (χ4n) is 2.16. The van der Waals surface area contributed by atoms with Crippen molar-refractivity contribution in [3.8, 4) is 0 Å². The predicted octanol–water partition coefficient (Wildman–Crippen LogP) is 1.14. The van der Waals surface area contributed by atoms with Crippen LogP contribution in [-0.2, 0) is 14.6 Å². The Labute approximate surface area is 106 Å². The summed E-state index contributed by atoms with van der Waals surface area (Å²) in [5.74, 6) is 1.04. The van der Waals surface area contributed by atoms with Crippen molar-refractivity contribution in [3.63, 3.8) is 0 Å². The van der Waals surface area contributed by atoms with Crippen molar-refractivity contribution < 1.29 is 17.7 Å². The maximum absolute atomic E-state index is 11.7. The number of anilines is 1. The lowest BCUT2D eigenvalue weighted by molar-refractivity contribution is -0.117. The minimum Gasteiger partial charge on any atom is -0.360 e. The summed E-state index contributed by atoms with van der Waals surface area (Å²) in [5, 5.41) is 6.25. The van der Waals surface area contributed by atoms with Crippen LogP contribution in [0.5, 0.6) is 0 Å². The van der Waals surface area contributed by atoms with Gasteiger partial charge in [0.1, 0.15) is 5.76 Å². The molecule has 1 saturated heterocycles. The van der Waals surface area contributed by atoms with E-state index in [0.717, 1.165) is 6.42 Å². The van der Waals surface area contributed by atoms with Gasteiger partial charge in [0.2, 0.25) is 5.91 Å². The van der Waals surface area contributed by atoms with Crippen molar-refractivity contribution in [1.29, 1.82) is 0 Å². The summed E-state index contributed by atoms with van der Waals surface area (Å²) in [4.78, 5) is 11.7.